The van der Waals surface area contributed by atoms with Crippen molar-refractivity contribution in [2.24, 2.45) is 11.7 Å². The van der Waals surface area contributed by atoms with Crippen LogP contribution in [-0.4, -0.2) is 23.4 Å². The standard InChI is InChI=1S/C14H20N2O/c1-10(15)13-8-14(17)16(9-13)11(2)12-6-4-3-5-7-12/h3-7,10-11,13H,8-9,15H2,1-2H3. The van der Waals surface area contributed by atoms with E-state index in [9.17, 15) is 4.79 Å². The maximum Gasteiger partial charge on any atom is 0.223 e. The number of nitrogens with zero attached hydrogens (tertiary/aromatic N) is 1. The van der Waals surface area contributed by atoms with Crippen LogP contribution in [-0.2, 0) is 4.79 Å². The van der Waals surface area contributed by atoms with Gasteiger partial charge in [0.15, 0.2) is 0 Å². The second kappa shape index (κ2) is 4.88. The molecule has 0 aliphatic carbocycles. The Morgan fingerprint density at radius 2 is 1.94 bits per heavy atom. The van der Waals surface area contributed by atoms with E-state index in [1.165, 1.54) is 5.56 Å². The van der Waals surface area contributed by atoms with Gasteiger partial charge in [-0.25, -0.2) is 0 Å². The zero-order valence-electron chi connectivity index (χ0n) is 10.5. The summed E-state index contributed by atoms with van der Waals surface area (Å²) < 4.78 is 0. The van der Waals surface area contributed by atoms with Crippen molar-refractivity contribution in [1.29, 1.82) is 0 Å². The zero-order chi connectivity index (χ0) is 12.4. The molecule has 1 aromatic carbocycles. The van der Waals surface area contributed by atoms with E-state index in [0.717, 1.165) is 6.54 Å². The van der Waals surface area contributed by atoms with Crippen LogP contribution in [0.15, 0.2) is 30.3 Å². The summed E-state index contributed by atoms with van der Waals surface area (Å²) in [5.74, 6) is 0.525. The van der Waals surface area contributed by atoms with E-state index in [1.807, 2.05) is 30.0 Å². The molecule has 1 aromatic rings. The van der Waals surface area contributed by atoms with Crippen molar-refractivity contribution in [3.63, 3.8) is 0 Å². The quantitative estimate of drug-likeness (QED) is 0.865. The van der Waals surface area contributed by atoms with Crippen LogP contribution in [0.1, 0.15) is 31.9 Å². The molecule has 2 N–H and O–H groups in total. The van der Waals surface area contributed by atoms with Crippen LogP contribution in [0.3, 0.4) is 0 Å². The van der Waals surface area contributed by atoms with Crippen LogP contribution in [0.2, 0.25) is 0 Å². The summed E-state index contributed by atoms with van der Waals surface area (Å²) in [6, 6.07) is 10.4. The Morgan fingerprint density at radius 3 is 2.47 bits per heavy atom. The van der Waals surface area contributed by atoms with Crippen molar-refractivity contribution in [2.75, 3.05) is 6.54 Å². The van der Waals surface area contributed by atoms with Crippen LogP contribution in [0.25, 0.3) is 0 Å². The molecule has 92 valence electrons. The number of hydrogen-bond donors (Lipinski definition) is 1. The van der Waals surface area contributed by atoms with Gasteiger partial charge in [-0.1, -0.05) is 30.3 Å². The maximum absolute atomic E-state index is 12.0. The minimum absolute atomic E-state index is 0.0897. The van der Waals surface area contributed by atoms with Crippen molar-refractivity contribution in [2.45, 2.75) is 32.4 Å². The lowest BCUT2D eigenvalue weighted by molar-refractivity contribution is -0.129. The van der Waals surface area contributed by atoms with Gasteiger partial charge >= 0.3 is 0 Å². The first kappa shape index (κ1) is 12.1. The average Bonchev–Trinajstić information content (AvgIpc) is 2.72. The third kappa shape index (κ3) is 2.50. The highest BCUT2D eigenvalue weighted by Gasteiger charge is 2.34. The lowest BCUT2D eigenvalue weighted by Crippen LogP contribution is -2.32. The molecule has 1 fully saturated rings. The molecule has 3 unspecified atom stereocenters. The fourth-order valence-corrected chi connectivity index (χ4v) is 2.40. The van der Waals surface area contributed by atoms with Crippen LogP contribution < -0.4 is 5.73 Å². The smallest absolute Gasteiger partial charge is 0.223 e. The fraction of sp³-hybridized carbons (Fsp3) is 0.500. The number of carbonyl (C=O) groups excluding carboxylic acids is 1. The average molecular weight is 232 g/mol. The summed E-state index contributed by atoms with van der Waals surface area (Å²) in [5, 5.41) is 0. The molecule has 2 rings (SSSR count). The molecule has 0 saturated carbocycles. The summed E-state index contributed by atoms with van der Waals surface area (Å²) in [6.45, 7) is 4.85. The molecule has 0 radical (unpaired) electrons. The highest BCUT2D eigenvalue weighted by Crippen LogP contribution is 2.29. The van der Waals surface area contributed by atoms with E-state index < -0.39 is 0 Å². The molecule has 3 nitrogen and oxygen atoms in total. The normalized spacial score (nSPS) is 23.8. The Morgan fingerprint density at radius 1 is 1.29 bits per heavy atom. The molecular formula is C14H20N2O. The Balaban J connectivity index is 2.11. The van der Waals surface area contributed by atoms with Crippen molar-refractivity contribution >= 4 is 5.91 Å². The first-order valence-electron chi connectivity index (χ1n) is 6.19. The first-order chi connectivity index (χ1) is 8.09. The molecule has 0 bridgehead atoms. The highest BCUT2D eigenvalue weighted by molar-refractivity contribution is 5.79. The highest BCUT2D eigenvalue weighted by atomic mass is 16.2. The molecular weight excluding hydrogens is 212 g/mol. The Labute approximate surface area is 103 Å². The number of rotatable bonds is 3. The van der Waals surface area contributed by atoms with E-state index in [4.69, 9.17) is 5.73 Å². The van der Waals surface area contributed by atoms with E-state index in [-0.39, 0.29) is 18.0 Å². The lowest BCUT2D eigenvalue weighted by Gasteiger charge is -2.25. The summed E-state index contributed by atoms with van der Waals surface area (Å²) in [7, 11) is 0. The maximum atomic E-state index is 12.0. The topological polar surface area (TPSA) is 46.3 Å². The second-order valence-corrected chi connectivity index (χ2v) is 4.96. The molecule has 1 heterocycles. The number of benzene rings is 1. The van der Waals surface area contributed by atoms with E-state index in [0.29, 0.717) is 12.3 Å². The van der Waals surface area contributed by atoms with Crippen LogP contribution in [0.4, 0.5) is 0 Å². The largest absolute Gasteiger partial charge is 0.336 e. The van der Waals surface area contributed by atoms with E-state index >= 15 is 0 Å². The van der Waals surface area contributed by atoms with Gasteiger partial charge in [-0.3, -0.25) is 4.79 Å². The SMILES string of the molecule is CC(N)C1CC(=O)N(C(C)c2ccccc2)C1. The Bertz CT molecular complexity index is 388. The van der Waals surface area contributed by atoms with Gasteiger partial charge in [-0.2, -0.15) is 0 Å². The van der Waals surface area contributed by atoms with E-state index in [2.05, 4.69) is 19.1 Å². The fourth-order valence-electron chi connectivity index (χ4n) is 2.40. The van der Waals surface area contributed by atoms with Crippen molar-refractivity contribution < 1.29 is 4.79 Å². The second-order valence-electron chi connectivity index (χ2n) is 4.96. The van der Waals surface area contributed by atoms with Gasteiger partial charge in [0.05, 0.1) is 6.04 Å². The first-order valence-corrected chi connectivity index (χ1v) is 6.19. The third-order valence-electron chi connectivity index (χ3n) is 3.68. The molecule has 3 atom stereocenters. The molecule has 0 spiro atoms. The minimum Gasteiger partial charge on any atom is -0.336 e. The summed E-state index contributed by atoms with van der Waals surface area (Å²) in [6.07, 6.45) is 0.592. The van der Waals surface area contributed by atoms with Crippen molar-refractivity contribution in [3.8, 4) is 0 Å². The van der Waals surface area contributed by atoms with E-state index in [1.54, 1.807) is 0 Å². The molecule has 1 amide bonds. The van der Waals surface area contributed by atoms with Gasteiger partial charge < -0.3 is 10.6 Å². The lowest BCUT2D eigenvalue weighted by atomic mass is 10.0. The van der Waals surface area contributed by atoms with Gasteiger partial charge in [-0.15, -0.1) is 0 Å². The van der Waals surface area contributed by atoms with Crippen LogP contribution in [0, 0.1) is 5.92 Å². The molecule has 3 heteroatoms. The predicted molar refractivity (Wildman–Crippen MR) is 68.3 cm³/mol. The zero-order valence-corrected chi connectivity index (χ0v) is 10.5. The molecule has 0 aromatic heterocycles. The van der Waals surface area contributed by atoms with Gasteiger partial charge in [0.1, 0.15) is 0 Å². The van der Waals surface area contributed by atoms with Gasteiger partial charge in [0.2, 0.25) is 5.91 Å². The monoisotopic (exact) mass is 232 g/mol. The van der Waals surface area contributed by atoms with Gasteiger partial charge in [0, 0.05) is 24.9 Å². The minimum atomic E-state index is 0.0897. The Kier molecular flexibility index (Phi) is 3.48. The predicted octanol–water partition coefficient (Wildman–Crippen LogP) is 1.94. The third-order valence-corrected chi connectivity index (χ3v) is 3.68. The van der Waals surface area contributed by atoms with Gasteiger partial charge in [-0.05, 0) is 19.4 Å². The molecule has 1 aliphatic rings. The van der Waals surface area contributed by atoms with Crippen molar-refractivity contribution in [1.82, 2.24) is 4.90 Å². The number of likely N-dealkylation sites (tertiary alicyclic amines) is 1. The summed E-state index contributed by atoms with van der Waals surface area (Å²) in [4.78, 5) is 13.9. The number of hydrogen-bond acceptors (Lipinski definition) is 2. The summed E-state index contributed by atoms with van der Waals surface area (Å²) >= 11 is 0. The number of amides is 1. The number of carbonyl (C=O) groups is 1. The molecule has 1 saturated heterocycles. The summed E-state index contributed by atoms with van der Waals surface area (Å²) in [5.41, 5.74) is 7.07. The van der Waals surface area contributed by atoms with Gasteiger partial charge in [0.25, 0.3) is 0 Å². The van der Waals surface area contributed by atoms with Crippen molar-refractivity contribution in [3.05, 3.63) is 35.9 Å². The Hall–Kier alpha value is -1.35. The van der Waals surface area contributed by atoms with Crippen LogP contribution >= 0.6 is 0 Å². The molecule has 1 aliphatic heterocycles. The van der Waals surface area contributed by atoms with Crippen LogP contribution in [0.5, 0.6) is 0 Å². The molecule has 17 heavy (non-hydrogen) atoms. The number of nitrogens with two attached hydrogens (primary N) is 1.